The SMILES string of the molecule is CC(C)(C)/C=C/C(Cc1ccc(F)cc1)NCCCS(=O)O. The fourth-order valence-electron chi connectivity index (χ4n) is 1.97. The number of nitrogens with one attached hydrogen (secondary N) is 1. The van der Waals surface area contributed by atoms with E-state index in [4.69, 9.17) is 4.55 Å². The second-order valence-electron chi connectivity index (χ2n) is 6.50. The standard InChI is InChI=1S/C17H26FNO2S/c1-17(2,3)10-9-16(19-11-4-12-22(20)21)13-14-5-7-15(18)8-6-14/h5-10,16,19H,4,11-13H2,1-3H3,(H,20,21)/b10-9+. The number of halogens is 1. The molecule has 0 aromatic heterocycles. The number of hydrogen-bond acceptors (Lipinski definition) is 2. The van der Waals surface area contributed by atoms with Crippen molar-refractivity contribution in [3.8, 4) is 0 Å². The molecule has 0 bridgehead atoms. The Hall–Kier alpha value is -1.04. The van der Waals surface area contributed by atoms with Gasteiger partial charge in [-0.3, -0.25) is 0 Å². The molecule has 0 radical (unpaired) electrons. The molecule has 0 saturated carbocycles. The maximum Gasteiger partial charge on any atom is 0.152 e. The summed E-state index contributed by atoms with van der Waals surface area (Å²) in [6, 6.07) is 6.63. The molecule has 2 atom stereocenters. The molecular weight excluding hydrogens is 301 g/mol. The normalized spacial score (nSPS) is 15.1. The summed E-state index contributed by atoms with van der Waals surface area (Å²) in [6.45, 7) is 7.07. The highest BCUT2D eigenvalue weighted by Gasteiger charge is 2.09. The zero-order valence-corrected chi connectivity index (χ0v) is 14.3. The Balaban J connectivity index is 2.62. The van der Waals surface area contributed by atoms with Crippen LogP contribution in [0, 0.1) is 11.2 Å². The van der Waals surface area contributed by atoms with E-state index in [9.17, 15) is 8.60 Å². The van der Waals surface area contributed by atoms with E-state index in [1.54, 1.807) is 12.1 Å². The van der Waals surface area contributed by atoms with Gasteiger partial charge >= 0.3 is 0 Å². The van der Waals surface area contributed by atoms with Gasteiger partial charge in [0.25, 0.3) is 0 Å². The number of benzene rings is 1. The first-order valence-corrected chi connectivity index (χ1v) is 8.78. The van der Waals surface area contributed by atoms with Crippen molar-refractivity contribution in [3.63, 3.8) is 0 Å². The van der Waals surface area contributed by atoms with Crippen molar-refractivity contribution in [2.24, 2.45) is 5.41 Å². The molecule has 0 spiro atoms. The maximum atomic E-state index is 13.0. The smallest absolute Gasteiger partial charge is 0.152 e. The van der Waals surface area contributed by atoms with Gasteiger partial charge in [-0.25, -0.2) is 8.60 Å². The molecular formula is C17H26FNO2S. The average molecular weight is 327 g/mol. The second-order valence-corrected chi connectivity index (χ2v) is 7.55. The van der Waals surface area contributed by atoms with Crippen molar-refractivity contribution < 1.29 is 13.2 Å². The maximum absolute atomic E-state index is 13.0. The van der Waals surface area contributed by atoms with E-state index in [1.165, 1.54) is 12.1 Å². The summed E-state index contributed by atoms with van der Waals surface area (Å²) in [5.74, 6) is 0.0446. The average Bonchev–Trinajstić information content (AvgIpc) is 2.41. The molecule has 1 aromatic carbocycles. The van der Waals surface area contributed by atoms with Crippen molar-refractivity contribution in [1.82, 2.24) is 5.32 Å². The van der Waals surface area contributed by atoms with Gasteiger partial charge in [0, 0.05) is 6.04 Å². The van der Waals surface area contributed by atoms with Crippen LogP contribution in [0.4, 0.5) is 4.39 Å². The summed E-state index contributed by atoms with van der Waals surface area (Å²) in [7, 11) is 0. The quantitative estimate of drug-likeness (QED) is 0.436. The van der Waals surface area contributed by atoms with Crippen molar-refractivity contribution >= 4 is 11.1 Å². The van der Waals surface area contributed by atoms with Crippen molar-refractivity contribution in [2.45, 2.75) is 39.7 Å². The van der Waals surface area contributed by atoms with E-state index < -0.39 is 11.1 Å². The van der Waals surface area contributed by atoms with Crippen molar-refractivity contribution in [2.75, 3.05) is 12.3 Å². The van der Waals surface area contributed by atoms with Crippen molar-refractivity contribution in [1.29, 1.82) is 0 Å². The Kier molecular flexibility index (Phi) is 7.93. The first-order chi connectivity index (χ1) is 10.3. The van der Waals surface area contributed by atoms with Crippen LogP contribution < -0.4 is 5.32 Å². The fraction of sp³-hybridized carbons (Fsp3) is 0.529. The van der Waals surface area contributed by atoms with Crippen molar-refractivity contribution in [3.05, 3.63) is 47.8 Å². The monoisotopic (exact) mass is 327 g/mol. The third kappa shape index (κ3) is 9.07. The molecule has 3 nitrogen and oxygen atoms in total. The van der Waals surface area contributed by atoms with Crippen LogP contribution in [0.25, 0.3) is 0 Å². The van der Waals surface area contributed by atoms with Gasteiger partial charge < -0.3 is 9.87 Å². The number of allylic oxidation sites excluding steroid dienone is 1. The van der Waals surface area contributed by atoms with Gasteiger partial charge in [0.15, 0.2) is 11.1 Å². The van der Waals surface area contributed by atoms with Gasteiger partial charge in [0.2, 0.25) is 0 Å². The minimum Gasteiger partial charge on any atom is -0.310 e. The Morgan fingerprint density at radius 3 is 2.50 bits per heavy atom. The molecule has 22 heavy (non-hydrogen) atoms. The van der Waals surface area contributed by atoms with Crippen LogP contribution in [0.15, 0.2) is 36.4 Å². The third-order valence-corrected chi connectivity index (χ3v) is 3.74. The van der Waals surface area contributed by atoms with E-state index in [0.29, 0.717) is 13.0 Å². The van der Waals surface area contributed by atoms with Gasteiger partial charge in [0.1, 0.15) is 5.82 Å². The van der Waals surface area contributed by atoms with Crippen LogP contribution >= 0.6 is 0 Å². The Bertz CT molecular complexity index is 494. The molecule has 0 heterocycles. The van der Waals surface area contributed by atoms with Gasteiger partial charge in [-0.15, -0.1) is 0 Å². The zero-order chi connectivity index (χ0) is 16.6. The first-order valence-electron chi connectivity index (χ1n) is 7.51. The summed E-state index contributed by atoms with van der Waals surface area (Å²) in [5.41, 5.74) is 1.15. The first kappa shape index (κ1) is 19.0. The molecule has 0 aliphatic carbocycles. The highest BCUT2D eigenvalue weighted by atomic mass is 32.2. The fourth-order valence-corrected chi connectivity index (χ4v) is 2.36. The van der Waals surface area contributed by atoms with Gasteiger partial charge in [-0.05, 0) is 42.5 Å². The summed E-state index contributed by atoms with van der Waals surface area (Å²) in [4.78, 5) is 0. The van der Waals surface area contributed by atoms with E-state index in [2.05, 4.69) is 38.2 Å². The zero-order valence-electron chi connectivity index (χ0n) is 13.5. The van der Waals surface area contributed by atoms with E-state index in [1.807, 2.05) is 0 Å². The summed E-state index contributed by atoms with van der Waals surface area (Å²) in [6.07, 6.45) is 5.68. The molecule has 1 rings (SSSR count). The lowest BCUT2D eigenvalue weighted by Gasteiger charge is -2.18. The number of rotatable bonds is 8. The Labute approximate surface area is 135 Å². The molecule has 1 aromatic rings. The van der Waals surface area contributed by atoms with Crippen LogP contribution in [0.2, 0.25) is 0 Å². The van der Waals surface area contributed by atoms with Gasteiger partial charge in [0.05, 0.1) is 5.75 Å². The molecule has 2 unspecified atom stereocenters. The van der Waals surface area contributed by atoms with Crippen LogP contribution in [0.1, 0.15) is 32.8 Å². The lowest BCUT2D eigenvalue weighted by atomic mass is 9.94. The summed E-state index contributed by atoms with van der Waals surface area (Å²) in [5, 5.41) is 3.38. The molecule has 0 saturated heterocycles. The van der Waals surface area contributed by atoms with E-state index in [-0.39, 0.29) is 23.0 Å². The Morgan fingerprint density at radius 1 is 1.32 bits per heavy atom. The molecule has 5 heteroatoms. The molecule has 0 amide bonds. The third-order valence-electron chi connectivity index (χ3n) is 3.10. The second kappa shape index (κ2) is 9.18. The largest absolute Gasteiger partial charge is 0.310 e. The lowest BCUT2D eigenvalue weighted by Crippen LogP contribution is -2.31. The van der Waals surface area contributed by atoms with Crippen LogP contribution in [0.5, 0.6) is 0 Å². The topological polar surface area (TPSA) is 49.3 Å². The molecule has 2 N–H and O–H groups in total. The summed E-state index contributed by atoms with van der Waals surface area (Å²) < 4.78 is 32.4. The van der Waals surface area contributed by atoms with Gasteiger partial charge in [-0.2, -0.15) is 0 Å². The highest BCUT2D eigenvalue weighted by Crippen LogP contribution is 2.16. The van der Waals surface area contributed by atoms with Crippen LogP contribution in [-0.2, 0) is 17.5 Å². The lowest BCUT2D eigenvalue weighted by molar-refractivity contribution is 0.526. The molecule has 0 aliphatic heterocycles. The minimum absolute atomic E-state index is 0.0926. The highest BCUT2D eigenvalue weighted by molar-refractivity contribution is 7.79. The van der Waals surface area contributed by atoms with E-state index in [0.717, 1.165) is 12.0 Å². The summed E-state index contributed by atoms with van der Waals surface area (Å²) >= 11 is -1.74. The Morgan fingerprint density at radius 2 is 1.95 bits per heavy atom. The van der Waals surface area contributed by atoms with Crippen LogP contribution in [-0.4, -0.2) is 27.1 Å². The predicted molar refractivity (Wildman–Crippen MR) is 90.7 cm³/mol. The molecule has 0 aliphatic rings. The molecule has 124 valence electrons. The minimum atomic E-state index is -1.74. The molecule has 0 fully saturated rings. The number of hydrogen-bond donors (Lipinski definition) is 2. The van der Waals surface area contributed by atoms with Gasteiger partial charge in [-0.1, -0.05) is 45.1 Å². The van der Waals surface area contributed by atoms with E-state index >= 15 is 0 Å². The van der Waals surface area contributed by atoms with Crippen LogP contribution in [0.3, 0.4) is 0 Å². The predicted octanol–water partition coefficient (Wildman–Crippen LogP) is 3.54.